The van der Waals surface area contributed by atoms with Crippen molar-refractivity contribution in [1.29, 1.82) is 0 Å². The molecule has 0 spiro atoms. The van der Waals surface area contributed by atoms with E-state index in [0.29, 0.717) is 12.5 Å². The summed E-state index contributed by atoms with van der Waals surface area (Å²) in [5.41, 5.74) is 5.78. The molecule has 0 amide bonds. The number of hydrogen-bond acceptors (Lipinski definition) is 3. The molecule has 2 atom stereocenters. The van der Waals surface area contributed by atoms with Crippen molar-refractivity contribution in [3.8, 4) is 0 Å². The number of rotatable bonds is 4. The van der Waals surface area contributed by atoms with Gasteiger partial charge < -0.3 is 10.8 Å². The van der Waals surface area contributed by atoms with Crippen LogP contribution in [0, 0.1) is 5.92 Å². The first-order chi connectivity index (χ1) is 7.33. The van der Waals surface area contributed by atoms with Crippen LogP contribution < -0.4 is 5.73 Å². The van der Waals surface area contributed by atoms with Gasteiger partial charge in [0.25, 0.3) is 0 Å². The molecule has 1 saturated carbocycles. The van der Waals surface area contributed by atoms with Crippen LogP contribution in [0.15, 0.2) is 17.5 Å². The van der Waals surface area contributed by atoms with Crippen molar-refractivity contribution < 1.29 is 5.11 Å². The van der Waals surface area contributed by atoms with Gasteiger partial charge in [0.1, 0.15) is 0 Å². The first kappa shape index (κ1) is 11.1. The van der Waals surface area contributed by atoms with E-state index in [0.717, 1.165) is 0 Å². The average molecular weight is 225 g/mol. The van der Waals surface area contributed by atoms with Crippen molar-refractivity contribution in [3.05, 3.63) is 22.4 Å². The van der Waals surface area contributed by atoms with Crippen LogP contribution in [0.2, 0.25) is 0 Å². The Hall–Kier alpha value is -0.380. The second kappa shape index (κ2) is 5.10. The van der Waals surface area contributed by atoms with Gasteiger partial charge in [0.2, 0.25) is 0 Å². The molecule has 0 saturated heterocycles. The molecule has 1 aromatic heterocycles. The van der Waals surface area contributed by atoms with E-state index in [2.05, 4.69) is 11.4 Å². The molecule has 2 rings (SSSR count). The van der Waals surface area contributed by atoms with Crippen LogP contribution in [0.4, 0.5) is 0 Å². The van der Waals surface area contributed by atoms with Gasteiger partial charge in [0.15, 0.2) is 0 Å². The molecule has 2 unspecified atom stereocenters. The lowest BCUT2D eigenvalue weighted by Gasteiger charge is -2.25. The zero-order chi connectivity index (χ0) is 10.7. The average Bonchev–Trinajstić information content (AvgIpc) is 2.91. The molecule has 0 aliphatic heterocycles. The summed E-state index contributed by atoms with van der Waals surface area (Å²) in [5, 5.41) is 12.4. The van der Waals surface area contributed by atoms with E-state index in [-0.39, 0.29) is 12.0 Å². The van der Waals surface area contributed by atoms with Gasteiger partial charge in [-0.3, -0.25) is 0 Å². The molecule has 15 heavy (non-hydrogen) atoms. The number of hydrogen-bond donors (Lipinski definition) is 2. The van der Waals surface area contributed by atoms with Crippen LogP contribution in [0.5, 0.6) is 0 Å². The van der Waals surface area contributed by atoms with E-state index < -0.39 is 0 Å². The molecule has 3 heteroatoms. The SMILES string of the molecule is NCC(c1cccs1)C(O)C1CCCC1. The molecule has 84 valence electrons. The number of aliphatic hydroxyl groups is 1. The Morgan fingerprint density at radius 1 is 1.47 bits per heavy atom. The van der Waals surface area contributed by atoms with Crippen LogP contribution in [0.25, 0.3) is 0 Å². The molecule has 1 aliphatic carbocycles. The Morgan fingerprint density at radius 2 is 2.20 bits per heavy atom. The predicted molar refractivity (Wildman–Crippen MR) is 64.1 cm³/mol. The molecule has 2 nitrogen and oxygen atoms in total. The monoisotopic (exact) mass is 225 g/mol. The van der Waals surface area contributed by atoms with Crippen molar-refractivity contribution in [1.82, 2.24) is 0 Å². The summed E-state index contributed by atoms with van der Waals surface area (Å²) in [6.07, 6.45) is 4.63. The minimum atomic E-state index is -0.240. The zero-order valence-electron chi connectivity index (χ0n) is 8.93. The van der Waals surface area contributed by atoms with E-state index in [9.17, 15) is 5.11 Å². The Balaban J connectivity index is 2.05. The third kappa shape index (κ3) is 2.41. The standard InChI is InChI=1S/C12H19NOS/c13-8-10(11-6-3-7-15-11)12(14)9-4-1-2-5-9/h3,6-7,9-10,12,14H,1-2,4-5,8,13H2. The highest BCUT2D eigenvalue weighted by Gasteiger charge is 2.30. The van der Waals surface area contributed by atoms with Gasteiger partial charge in [0.05, 0.1) is 6.10 Å². The maximum absolute atomic E-state index is 10.3. The molecule has 0 aromatic carbocycles. The summed E-state index contributed by atoms with van der Waals surface area (Å²) in [4.78, 5) is 1.23. The molecule has 0 radical (unpaired) electrons. The first-order valence-electron chi connectivity index (χ1n) is 5.74. The summed E-state index contributed by atoms with van der Waals surface area (Å²) >= 11 is 1.70. The van der Waals surface area contributed by atoms with Crippen LogP contribution >= 0.6 is 11.3 Å². The van der Waals surface area contributed by atoms with Crippen molar-refractivity contribution in [3.63, 3.8) is 0 Å². The normalized spacial score (nSPS) is 21.7. The predicted octanol–water partition coefficient (Wildman–Crippen LogP) is 2.34. The molecule has 1 heterocycles. The second-order valence-corrected chi connectivity index (χ2v) is 5.37. The Bertz CT molecular complexity index is 280. The minimum Gasteiger partial charge on any atom is -0.392 e. The van der Waals surface area contributed by atoms with E-state index in [4.69, 9.17) is 5.73 Å². The summed E-state index contributed by atoms with van der Waals surface area (Å²) in [6.45, 7) is 0.554. The van der Waals surface area contributed by atoms with Crippen LogP contribution in [0.1, 0.15) is 36.5 Å². The van der Waals surface area contributed by atoms with Crippen LogP contribution in [0.3, 0.4) is 0 Å². The number of nitrogens with two attached hydrogens (primary N) is 1. The van der Waals surface area contributed by atoms with Gasteiger partial charge in [-0.05, 0) is 30.2 Å². The van der Waals surface area contributed by atoms with E-state index >= 15 is 0 Å². The van der Waals surface area contributed by atoms with Crippen molar-refractivity contribution in [2.24, 2.45) is 11.7 Å². The van der Waals surface area contributed by atoms with Crippen molar-refractivity contribution in [2.45, 2.75) is 37.7 Å². The summed E-state index contributed by atoms with van der Waals surface area (Å²) in [7, 11) is 0. The molecular formula is C12H19NOS. The molecular weight excluding hydrogens is 206 g/mol. The topological polar surface area (TPSA) is 46.2 Å². The van der Waals surface area contributed by atoms with Crippen LogP contribution in [-0.2, 0) is 0 Å². The van der Waals surface area contributed by atoms with E-state index in [1.165, 1.54) is 30.6 Å². The fourth-order valence-electron chi connectivity index (χ4n) is 2.55. The summed E-state index contributed by atoms with van der Waals surface area (Å²) < 4.78 is 0. The lowest BCUT2D eigenvalue weighted by Crippen LogP contribution is -2.30. The Morgan fingerprint density at radius 3 is 2.73 bits per heavy atom. The third-order valence-corrected chi connectivity index (χ3v) is 4.46. The van der Waals surface area contributed by atoms with E-state index in [1.54, 1.807) is 11.3 Å². The van der Waals surface area contributed by atoms with Gasteiger partial charge in [0, 0.05) is 17.3 Å². The largest absolute Gasteiger partial charge is 0.392 e. The zero-order valence-corrected chi connectivity index (χ0v) is 9.75. The highest BCUT2D eigenvalue weighted by atomic mass is 32.1. The first-order valence-corrected chi connectivity index (χ1v) is 6.62. The molecule has 1 fully saturated rings. The lowest BCUT2D eigenvalue weighted by molar-refractivity contribution is 0.0862. The molecule has 1 aromatic rings. The summed E-state index contributed by atoms with van der Waals surface area (Å²) in [5.74, 6) is 0.619. The third-order valence-electron chi connectivity index (χ3n) is 3.46. The minimum absolute atomic E-state index is 0.146. The fourth-order valence-corrected chi connectivity index (χ4v) is 3.44. The van der Waals surface area contributed by atoms with E-state index in [1.807, 2.05) is 6.07 Å². The second-order valence-electron chi connectivity index (χ2n) is 4.39. The Labute approximate surface area is 95.1 Å². The van der Waals surface area contributed by atoms with Gasteiger partial charge in [-0.2, -0.15) is 0 Å². The highest BCUT2D eigenvalue weighted by Crippen LogP contribution is 2.35. The van der Waals surface area contributed by atoms with Crippen LogP contribution in [-0.4, -0.2) is 17.8 Å². The molecule has 3 N–H and O–H groups in total. The highest BCUT2D eigenvalue weighted by molar-refractivity contribution is 7.10. The lowest BCUT2D eigenvalue weighted by atomic mass is 9.88. The number of thiophene rings is 1. The molecule has 1 aliphatic rings. The molecule has 0 bridgehead atoms. The van der Waals surface area contributed by atoms with Gasteiger partial charge in [-0.15, -0.1) is 11.3 Å². The smallest absolute Gasteiger partial charge is 0.0656 e. The van der Waals surface area contributed by atoms with Crippen molar-refractivity contribution in [2.75, 3.05) is 6.54 Å². The fraction of sp³-hybridized carbons (Fsp3) is 0.667. The Kier molecular flexibility index (Phi) is 3.78. The van der Waals surface area contributed by atoms with Crippen molar-refractivity contribution >= 4 is 11.3 Å². The van der Waals surface area contributed by atoms with Gasteiger partial charge in [-0.1, -0.05) is 18.9 Å². The summed E-state index contributed by atoms with van der Waals surface area (Å²) in [6, 6.07) is 4.12. The van der Waals surface area contributed by atoms with Gasteiger partial charge in [-0.25, -0.2) is 0 Å². The number of aliphatic hydroxyl groups excluding tert-OH is 1. The quantitative estimate of drug-likeness (QED) is 0.826. The maximum atomic E-state index is 10.3. The van der Waals surface area contributed by atoms with Gasteiger partial charge >= 0.3 is 0 Å². The maximum Gasteiger partial charge on any atom is 0.0656 e.